The van der Waals surface area contributed by atoms with E-state index >= 15 is 0 Å². The fraction of sp³-hybridized carbons (Fsp3) is 0.711. The normalized spacial score (nSPS) is 12.6. The molecule has 0 bridgehead atoms. The Morgan fingerprint density at radius 2 is 0.784 bits per heavy atom. The number of allylic oxidation sites excluding steroid dienone is 10. The second-order valence-corrected chi connectivity index (χ2v) is 13.6. The molecule has 0 aliphatic heterocycles. The summed E-state index contributed by atoms with van der Waals surface area (Å²) in [6.07, 6.45) is 46.3. The van der Waals surface area contributed by atoms with Gasteiger partial charge in [0.25, 0.3) is 0 Å². The molecular weight excluding hydrogens is 636 g/mol. The highest BCUT2D eigenvalue weighted by Gasteiger charge is 2.19. The van der Waals surface area contributed by atoms with Gasteiger partial charge in [0, 0.05) is 19.3 Å². The lowest BCUT2D eigenvalue weighted by Crippen LogP contribution is -2.30. The quantitative estimate of drug-likeness (QED) is 0.0278. The number of rotatable bonds is 36. The van der Waals surface area contributed by atoms with Crippen molar-refractivity contribution in [3.63, 3.8) is 0 Å². The average Bonchev–Trinajstić information content (AvgIpc) is 3.12. The van der Waals surface area contributed by atoms with Crippen molar-refractivity contribution in [2.45, 2.75) is 194 Å². The number of hydrogen-bond donors (Lipinski definition) is 0. The van der Waals surface area contributed by atoms with Gasteiger partial charge >= 0.3 is 17.9 Å². The molecule has 1 atom stereocenters. The van der Waals surface area contributed by atoms with E-state index in [1.54, 1.807) is 0 Å². The van der Waals surface area contributed by atoms with Gasteiger partial charge in [-0.3, -0.25) is 14.4 Å². The highest BCUT2D eigenvalue weighted by molar-refractivity contribution is 5.71. The standard InChI is InChI=1S/C45H76O6/c1-4-7-10-13-16-19-21-22-24-26-29-32-35-38-44(47)50-41-42(40-49-43(46)37-34-31-28-25-18-15-12-9-6-3)51-45(48)39-36-33-30-27-23-20-17-14-11-8-5-2/h7,10,13-14,16-17,19-21,23,42H,4-6,8-9,11-12,15,18,22,24-41H2,1-3H3/b10-7-,16-13-,17-14-,21-19-,23-20-. The van der Waals surface area contributed by atoms with E-state index in [0.717, 1.165) is 96.3 Å². The molecule has 0 radical (unpaired) electrons. The van der Waals surface area contributed by atoms with E-state index in [1.807, 2.05) is 6.08 Å². The van der Waals surface area contributed by atoms with Crippen LogP contribution in [0.1, 0.15) is 188 Å². The largest absolute Gasteiger partial charge is 0.462 e. The van der Waals surface area contributed by atoms with Crippen LogP contribution in [0.3, 0.4) is 0 Å². The Labute approximate surface area is 313 Å². The first-order valence-electron chi connectivity index (χ1n) is 20.8. The number of carbonyl (C=O) groups is 3. The second kappa shape index (κ2) is 39.9. The lowest BCUT2D eigenvalue weighted by molar-refractivity contribution is -0.167. The van der Waals surface area contributed by atoms with Crippen molar-refractivity contribution in [1.82, 2.24) is 0 Å². The van der Waals surface area contributed by atoms with E-state index in [1.165, 1.54) is 51.4 Å². The fourth-order valence-electron chi connectivity index (χ4n) is 5.42. The molecule has 51 heavy (non-hydrogen) atoms. The molecule has 0 aromatic heterocycles. The zero-order valence-corrected chi connectivity index (χ0v) is 33.1. The molecule has 0 N–H and O–H groups in total. The van der Waals surface area contributed by atoms with Crippen molar-refractivity contribution >= 4 is 17.9 Å². The average molecular weight is 713 g/mol. The van der Waals surface area contributed by atoms with Crippen LogP contribution >= 0.6 is 0 Å². The van der Waals surface area contributed by atoms with Gasteiger partial charge in [0.15, 0.2) is 6.10 Å². The Balaban J connectivity index is 4.45. The van der Waals surface area contributed by atoms with Crippen molar-refractivity contribution in [3.05, 3.63) is 60.8 Å². The highest BCUT2D eigenvalue weighted by atomic mass is 16.6. The van der Waals surface area contributed by atoms with E-state index in [4.69, 9.17) is 14.2 Å². The Morgan fingerprint density at radius 3 is 1.27 bits per heavy atom. The molecule has 0 saturated carbocycles. The van der Waals surface area contributed by atoms with Crippen molar-refractivity contribution in [1.29, 1.82) is 0 Å². The van der Waals surface area contributed by atoms with Crippen molar-refractivity contribution < 1.29 is 28.6 Å². The lowest BCUT2D eigenvalue weighted by atomic mass is 10.1. The fourth-order valence-corrected chi connectivity index (χ4v) is 5.42. The monoisotopic (exact) mass is 713 g/mol. The van der Waals surface area contributed by atoms with E-state index < -0.39 is 6.10 Å². The smallest absolute Gasteiger partial charge is 0.306 e. The third-order valence-corrected chi connectivity index (χ3v) is 8.60. The van der Waals surface area contributed by atoms with E-state index in [9.17, 15) is 14.4 Å². The summed E-state index contributed by atoms with van der Waals surface area (Å²) >= 11 is 0. The van der Waals surface area contributed by atoms with Gasteiger partial charge in [-0.05, 0) is 57.8 Å². The van der Waals surface area contributed by atoms with Gasteiger partial charge in [-0.2, -0.15) is 0 Å². The number of ether oxygens (including phenoxy) is 3. The maximum atomic E-state index is 12.6. The molecule has 1 unspecified atom stereocenters. The summed E-state index contributed by atoms with van der Waals surface area (Å²) in [7, 11) is 0. The van der Waals surface area contributed by atoms with Crippen LogP contribution in [0.5, 0.6) is 0 Å². The van der Waals surface area contributed by atoms with Gasteiger partial charge in [-0.1, -0.05) is 171 Å². The molecule has 0 heterocycles. The van der Waals surface area contributed by atoms with Crippen molar-refractivity contribution in [3.8, 4) is 0 Å². The molecular formula is C45H76O6. The summed E-state index contributed by atoms with van der Waals surface area (Å²) in [5, 5.41) is 0. The summed E-state index contributed by atoms with van der Waals surface area (Å²) in [6, 6.07) is 0. The van der Waals surface area contributed by atoms with Crippen LogP contribution in [0.4, 0.5) is 0 Å². The van der Waals surface area contributed by atoms with Crippen LogP contribution in [0, 0.1) is 0 Å². The maximum absolute atomic E-state index is 12.6. The summed E-state index contributed by atoms with van der Waals surface area (Å²) in [5.74, 6) is -0.952. The minimum Gasteiger partial charge on any atom is -0.462 e. The molecule has 0 aliphatic carbocycles. The van der Waals surface area contributed by atoms with Gasteiger partial charge in [-0.25, -0.2) is 0 Å². The molecule has 0 aromatic rings. The first-order chi connectivity index (χ1) is 25.0. The number of carbonyl (C=O) groups excluding carboxylic acids is 3. The van der Waals surface area contributed by atoms with Crippen molar-refractivity contribution in [2.75, 3.05) is 13.2 Å². The Morgan fingerprint density at radius 1 is 0.412 bits per heavy atom. The number of hydrogen-bond acceptors (Lipinski definition) is 6. The first-order valence-corrected chi connectivity index (χ1v) is 20.8. The third kappa shape index (κ3) is 38.2. The second-order valence-electron chi connectivity index (χ2n) is 13.6. The topological polar surface area (TPSA) is 78.9 Å². The minimum absolute atomic E-state index is 0.0917. The van der Waals surface area contributed by atoms with E-state index in [0.29, 0.717) is 19.3 Å². The van der Waals surface area contributed by atoms with Gasteiger partial charge < -0.3 is 14.2 Å². The molecule has 6 nitrogen and oxygen atoms in total. The Bertz CT molecular complexity index is 960. The van der Waals surface area contributed by atoms with Crippen LogP contribution in [-0.2, 0) is 28.6 Å². The number of esters is 3. The van der Waals surface area contributed by atoms with Gasteiger partial charge in [0.2, 0.25) is 0 Å². The molecule has 292 valence electrons. The molecule has 0 aromatic carbocycles. The summed E-state index contributed by atoms with van der Waals surface area (Å²) < 4.78 is 16.6. The van der Waals surface area contributed by atoms with Gasteiger partial charge in [-0.15, -0.1) is 0 Å². The Hall–Kier alpha value is -2.89. The summed E-state index contributed by atoms with van der Waals surface area (Å²) in [5.41, 5.74) is 0. The van der Waals surface area contributed by atoms with Crippen LogP contribution in [0.2, 0.25) is 0 Å². The van der Waals surface area contributed by atoms with E-state index in [-0.39, 0.29) is 31.1 Å². The Kier molecular flexibility index (Phi) is 37.6. The number of unbranched alkanes of at least 4 members (excludes halogenated alkanes) is 18. The van der Waals surface area contributed by atoms with Crippen molar-refractivity contribution in [2.24, 2.45) is 0 Å². The van der Waals surface area contributed by atoms with E-state index in [2.05, 4.69) is 75.5 Å². The molecule has 6 heteroatoms. The van der Waals surface area contributed by atoms with Crippen LogP contribution in [-0.4, -0.2) is 37.2 Å². The van der Waals surface area contributed by atoms with Crippen LogP contribution in [0.25, 0.3) is 0 Å². The summed E-state index contributed by atoms with van der Waals surface area (Å²) in [6.45, 7) is 6.36. The molecule has 0 spiro atoms. The molecule has 0 aliphatic rings. The van der Waals surface area contributed by atoms with Crippen LogP contribution in [0.15, 0.2) is 60.8 Å². The predicted molar refractivity (Wildman–Crippen MR) is 215 cm³/mol. The first kappa shape index (κ1) is 48.1. The molecule has 0 fully saturated rings. The zero-order valence-electron chi connectivity index (χ0n) is 33.1. The summed E-state index contributed by atoms with van der Waals surface area (Å²) in [4.78, 5) is 37.5. The van der Waals surface area contributed by atoms with Gasteiger partial charge in [0.05, 0.1) is 0 Å². The highest BCUT2D eigenvalue weighted by Crippen LogP contribution is 2.13. The minimum atomic E-state index is -0.790. The SMILES string of the molecule is CC\C=C/C=C\C=C/CCCCCCCC(=O)OCC(COC(=O)CCCCCCCCCCC)OC(=O)CCCCC/C=C\C=C/CCCC. The third-order valence-electron chi connectivity index (χ3n) is 8.60. The molecule has 0 amide bonds. The molecule has 0 rings (SSSR count). The predicted octanol–water partition coefficient (Wildman–Crippen LogP) is 13.0. The lowest BCUT2D eigenvalue weighted by Gasteiger charge is -2.18. The molecule has 0 saturated heterocycles. The maximum Gasteiger partial charge on any atom is 0.306 e. The van der Waals surface area contributed by atoms with Gasteiger partial charge in [0.1, 0.15) is 13.2 Å². The van der Waals surface area contributed by atoms with Crippen LogP contribution < -0.4 is 0 Å². The zero-order chi connectivity index (χ0) is 37.3.